The van der Waals surface area contributed by atoms with Crippen molar-refractivity contribution in [2.75, 3.05) is 25.5 Å². The Morgan fingerprint density at radius 1 is 1.11 bits per heavy atom. The molecule has 28 heavy (non-hydrogen) atoms. The van der Waals surface area contributed by atoms with Gasteiger partial charge >= 0.3 is 0 Å². The van der Waals surface area contributed by atoms with Gasteiger partial charge in [0, 0.05) is 41.0 Å². The lowest BCUT2D eigenvalue weighted by molar-refractivity contribution is -0.121. The number of pyridine rings is 3. The number of nitriles is 1. The van der Waals surface area contributed by atoms with E-state index in [-0.39, 0.29) is 11.8 Å². The van der Waals surface area contributed by atoms with Crippen molar-refractivity contribution in [1.29, 1.82) is 5.26 Å². The van der Waals surface area contributed by atoms with Crippen molar-refractivity contribution >= 4 is 22.6 Å². The van der Waals surface area contributed by atoms with Crippen molar-refractivity contribution in [3.8, 4) is 17.2 Å². The van der Waals surface area contributed by atoms with Crippen molar-refractivity contribution < 1.29 is 4.79 Å². The molecule has 0 aromatic carbocycles. The first-order valence-corrected chi connectivity index (χ1v) is 9.23. The van der Waals surface area contributed by atoms with Crippen molar-refractivity contribution in [1.82, 2.24) is 19.9 Å². The van der Waals surface area contributed by atoms with Crippen LogP contribution in [0.3, 0.4) is 0 Å². The Kier molecular flexibility index (Phi) is 4.96. The van der Waals surface area contributed by atoms with Crippen molar-refractivity contribution in [2.24, 2.45) is 5.92 Å². The number of anilines is 1. The summed E-state index contributed by atoms with van der Waals surface area (Å²) in [5.74, 6) is 0.576. The molecule has 1 fully saturated rings. The zero-order valence-corrected chi connectivity index (χ0v) is 15.6. The molecule has 140 valence electrons. The lowest BCUT2D eigenvalue weighted by atomic mass is 9.96. The zero-order valence-electron chi connectivity index (χ0n) is 15.6. The molecule has 3 aromatic rings. The number of carbonyl (C=O) groups excluding carboxylic acids is 1. The van der Waals surface area contributed by atoms with E-state index in [9.17, 15) is 4.79 Å². The number of amides is 1. The zero-order chi connectivity index (χ0) is 19.5. The summed E-state index contributed by atoms with van der Waals surface area (Å²) in [6.07, 6.45) is 8.35. The Hall–Kier alpha value is -3.37. The van der Waals surface area contributed by atoms with Crippen molar-refractivity contribution in [3.05, 3.63) is 48.5 Å². The lowest BCUT2D eigenvalue weighted by Crippen LogP contribution is -2.36. The normalized spacial score (nSPS) is 15.3. The predicted molar refractivity (Wildman–Crippen MR) is 106 cm³/mol. The van der Waals surface area contributed by atoms with E-state index in [1.165, 1.54) is 6.20 Å². The van der Waals surface area contributed by atoms with Crippen LogP contribution in [0.15, 0.2) is 43.0 Å². The molecule has 1 amide bonds. The maximum Gasteiger partial charge on any atom is 0.228 e. The third-order valence-electron chi connectivity index (χ3n) is 5.11. The van der Waals surface area contributed by atoms with Gasteiger partial charge in [-0.1, -0.05) is 0 Å². The largest absolute Gasteiger partial charge is 0.310 e. The minimum atomic E-state index is 0.0231. The molecular weight excluding hydrogens is 352 g/mol. The molecule has 3 aromatic heterocycles. The molecule has 7 heteroatoms. The van der Waals surface area contributed by atoms with Gasteiger partial charge in [0.2, 0.25) is 5.91 Å². The number of carbonyl (C=O) groups is 1. The Morgan fingerprint density at radius 3 is 2.68 bits per heavy atom. The SMILES string of the molecule is CN1CCC(C(=O)Nc2cc3cc(-c4cncc(C#N)c4)cnc3cn2)CC1. The first-order valence-electron chi connectivity index (χ1n) is 9.23. The number of nitrogens with zero attached hydrogens (tertiary/aromatic N) is 5. The average Bonchev–Trinajstić information content (AvgIpc) is 2.73. The van der Waals surface area contributed by atoms with Gasteiger partial charge in [-0.15, -0.1) is 0 Å². The molecule has 7 nitrogen and oxygen atoms in total. The second-order valence-corrected chi connectivity index (χ2v) is 7.13. The summed E-state index contributed by atoms with van der Waals surface area (Å²) in [4.78, 5) is 27.7. The highest BCUT2D eigenvalue weighted by Crippen LogP contribution is 2.24. The van der Waals surface area contributed by atoms with Crippen LogP contribution in [0.1, 0.15) is 18.4 Å². The molecule has 0 atom stereocenters. The standard InChI is InChI=1S/C21H20N6O/c1-27-4-2-15(3-5-27)21(28)26-20-8-16-7-18(12-24-19(16)13-25-20)17-6-14(9-22)10-23-11-17/h6-8,10-13,15H,2-5H2,1H3,(H,25,26,28). The molecule has 1 aliphatic heterocycles. The van der Waals surface area contributed by atoms with Gasteiger partial charge in [-0.05, 0) is 51.2 Å². The molecule has 0 unspecified atom stereocenters. The number of rotatable bonds is 3. The summed E-state index contributed by atoms with van der Waals surface area (Å²) >= 11 is 0. The van der Waals surface area contributed by atoms with Gasteiger partial charge in [0.1, 0.15) is 11.9 Å². The molecule has 0 radical (unpaired) electrons. The van der Waals surface area contributed by atoms with Crippen LogP contribution < -0.4 is 5.32 Å². The van der Waals surface area contributed by atoms with Crippen LogP contribution in [0.2, 0.25) is 0 Å². The molecule has 0 saturated carbocycles. The van der Waals surface area contributed by atoms with E-state index in [0.717, 1.165) is 48.0 Å². The highest BCUT2D eigenvalue weighted by Gasteiger charge is 2.23. The van der Waals surface area contributed by atoms with Crippen LogP contribution in [-0.2, 0) is 4.79 Å². The van der Waals surface area contributed by atoms with Gasteiger partial charge in [-0.2, -0.15) is 5.26 Å². The first kappa shape index (κ1) is 18.0. The van der Waals surface area contributed by atoms with E-state index in [4.69, 9.17) is 5.26 Å². The number of piperidine rings is 1. The summed E-state index contributed by atoms with van der Waals surface area (Å²) in [5, 5.41) is 12.9. The third-order valence-corrected chi connectivity index (χ3v) is 5.11. The molecule has 1 saturated heterocycles. The Balaban J connectivity index is 1.57. The molecule has 4 rings (SSSR count). The summed E-state index contributed by atoms with van der Waals surface area (Å²) < 4.78 is 0. The highest BCUT2D eigenvalue weighted by atomic mass is 16.1. The lowest BCUT2D eigenvalue weighted by Gasteiger charge is -2.27. The number of likely N-dealkylation sites (tertiary alicyclic amines) is 1. The van der Waals surface area contributed by atoms with Crippen molar-refractivity contribution in [3.63, 3.8) is 0 Å². The van der Waals surface area contributed by atoms with E-state index in [1.54, 1.807) is 24.7 Å². The Morgan fingerprint density at radius 2 is 1.89 bits per heavy atom. The van der Waals surface area contributed by atoms with Gasteiger partial charge in [0.15, 0.2) is 0 Å². The molecule has 0 bridgehead atoms. The minimum absolute atomic E-state index is 0.0231. The fourth-order valence-electron chi connectivity index (χ4n) is 3.42. The van der Waals surface area contributed by atoms with Crippen LogP contribution >= 0.6 is 0 Å². The maximum absolute atomic E-state index is 12.5. The van der Waals surface area contributed by atoms with Crippen LogP contribution in [-0.4, -0.2) is 45.9 Å². The van der Waals surface area contributed by atoms with E-state index < -0.39 is 0 Å². The van der Waals surface area contributed by atoms with Crippen LogP contribution in [0.4, 0.5) is 5.82 Å². The minimum Gasteiger partial charge on any atom is -0.310 e. The second-order valence-electron chi connectivity index (χ2n) is 7.13. The monoisotopic (exact) mass is 372 g/mol. The number of hydrogen-bond donors (Lipinski definition) is 1. The molecule has 4 heterocycles. The van der Waals surface area contributed by atoms with E-state index in [1.807, 2.05) is 12.1 Å². The number of aromatic nitrogens is 3. The van der Waals surface area contributed by atoms with E-state index in [0.29, 0.717) is 11.4 Å². The van der Waals surface area contributed by atoms with Gasteiger partial charge in [-0.3, -0.25) is 14.8 Å². The van der Waals surface area contributed by atoms with Crippen LogP contribution in [0.25, 0.3) is 22.0 Å². The Labute approximate surface area is 163 Å². The van der Waals surface area contributed by atoms with E-state index in [2.05, 4.69) is 38.3 Å². The summed E-state index contributed by atoms with van der Waals surface area (Å²) in [6.45, 7) is 1.87. The predicted octanol–water partition coefficient (Wildman–Crippen LogP) is 2.84. The van der Waals surface area contributed by atoms with Crippen LogP contribution in [0.5, 0.6) is 0 Å². The van der Waals surface area contributed by atoms with Gasteiger partial charge in [0.25, 0.3) is 0 Å². The fraction of sp³-hybridized carbons (Fsp3) is 0.286. The average molecular weight is 372 g/mol. The third kappa shape index (κ3) is 3.82. The quantitative estimate of drug-likeness (QED) is 0.760. The molecule has 0 aliphatic carbocycles. The first-order chi connectivity index (χ1) is 13.6. The summed E-state index contributed by atoms with van der Waals surface area (Å²) in [5.41, 5.74) is 2.92. The molecule has 1 aliphatic rings. The summed E-state index contributed by atoms with van der Waals surface area (Å²) in [6, 6.07) is 7.67. The molecule has 0 spiro atoms. The number of fused-ring (bicyclic) bond motifs is 1. The van der Waals surface area contributed by atoms with Gasteiger partial charge in [-0.25, -0.2) is 4.98 Å². The van der Waals surface area contributed by atoms with Crippen molar-refractivity contribution in [2.45, 2.75) is 12.8 Å². The fourth-order valence-corrected chi connectivity index (χ4v) is 3.42. The Bertz CT molecular complexity index is 1070. The molecule has 1 N–H and O–H groups in total. The van der Waals surface area contributed by atoms with Crippen LogP contribution in [0, 0.1) is 17.2 Å². The van der Waals surface area contributed by atoms with Gasteiger partial charge < -0.3 is 10.2 Å². The highest BCUT2D eigenvalue weighted by molar-refractivity contribution is 5.94. The number of hydrogen-bond acceptors (Lipinski definition) is 6. The summed E-state index contributed by atoms with van der Waals surface area (Å²) in [7, 11) is 2.07. The van der Waals surface area contributed by atoms with Gasteiger partial charge in [0.05, 0.1) is 17.3 Å². The molecular formula is C21H20N6O. The number of nitrogens with one attached hydrogen (secondary N) is 1. The van der Waals surface area contributed by atoms with E-state index >= 15 is 0 Å². The second kappa shape index (κ2) is 7.71. The smallest absolute Gasteiger partial charge is 0.228 e. The maximum atomic E-state index is 12.5. The topological polar surface area (TPSA) is 94.8 Å².